The van der Waals surface area contributed by atoms with Gasteiger partial charge in [-0.05, 0) is 31.9 Å². The molecule has 1 saturated carbocycles. The summed E-state index contributed by atoms with van der Waals surface area (Å²) in [6.07, 6.45) is 5.40. The molecule has 1 aromatic carbocycles. The lowest BCUT2D eigenvalue weighted by Gasteiger charge is -2.31. The monoisotopic (exact) mass is 344 g/mol. The zero-order valence-electron chi connectivity index (χ0n) is 15.1. The van der Waals surface area contributed by atoms with Crippen molar-refractivity contribution in [2.75, 3.05) is 18.9 Å². The normalized spacial score (nSPS) is 16.8. The molecule has 6 nitrogen and oxygen atoms in total. The van der Waals surface area contributed by atoms with Crippen LogP contribution in [0.3, 0.4) is 0 Å². The number of para-hydroxylation sites is 2. The van der Waals surface area contributed by atoms with Crippen LogP contribution in [0.1, 0.15) is 39.0 Å². The molecule has 1 aliphatic rings. The van der Waals surface area contributed by atoms with Crippen LogP contribution in [0.15, 0.2) is 24.3 Å². The van der Waals surface area contributed by atoms with Crippen molar-refractivity contribution in [3.05, 3.63) is 24.3 Å². The van der Waals surface area contributed by atoms with Crippen LogP contribution >= 0.6 is 0 Å². The molecule has 3 rings (SSSR count). The van der Waals surface area contributed by atoms with Crippen molar-refractivity contribution in [2.24, 2.45) is 0 Å². The van der Waals surface area contributed by atoms with Gasteiger partial charge in [0.1, 0.15) is 6.54 Å². The van der Waals surface area contributed by atoms with Gasteiger partial charge in [-0.1, -0.05) is 31.4 Å². The van der Waals surface area contributed by atoms with Crippen molar-refractivity contribution in [2.45, 2.75) is 57.7 Å². The van der Waals surface area contributed by atoms with Crippen LogP contribution in [0, 0.1) is 0 Å². The smallest absolute Gasteiger partial charge is 0.242 e. The highest BCUT2D eigenvalue weighted by molar-refractivity contribution is 5.83. The van der Waals surface area contributed by atoms with E-state index in [1.807, 2.05) is 40.8 Å². The molecule has 1 unspecified atom stereocenters. The Morgan fingerprint density at radius 3 is 2.80 bits per heavy atom. The Hall–Kier alpha value is -2.08. The first-order valence-corrected chi connectivity index (χ1v) is 9.19. The van der Waals surface area contributed by atoms with E-state index >= 15 is 0 Å². The van der Waals surface area contributed by atoms with Gasteiger partial charge in [-0.15, -0.1) is 0 Å². The molecular formula is C19H28N4O2. The van der Waals surface area contributed by atoms with Gasteiger partial charge in [0.05, 0.1) is 17.1 Å². The fourth-order valence-electron chi connectivity index (χ4n) is 3.53. The first kappa shape index (κ1) is 17.7. The summed E-state index contributed by atoms with van der Waals surface area (Å²) >= 11 is 0. The Labute approximate surface area is 148 Å². The van der Waals surface area contributed by atoms with E-state index in [1.165, 1.54) is 19.3 Å². The van der Waals surface area contributed by atoms with E-state index in [-0.39, 0.29) is 12.5 Å². The van der Waals surface area contributed by atoms with E-state index in [4.69, 9.17) is 0 Å². The Kier molecular flexibility index (Phi) is 5.58. The highest BCUT2D eigenvalue weighted by atomic mass is 16.3. The third-order valence-corrected chi connectivity index (χ3v) is 5.02. The van der Waals surface area contributed by atoms with E-state index in [1.54, 1.807) is 6.92 Å². The number of aliphatic hydroxyl groups is 1. The Balaban J connectivity index is 1.80. The number of aromatic nitrogens is 2. The molecule has 0 spiro atoms. The molecule has 0 radical (unpaired) electrons. The lowest BCUT2D eigenvalue weighted by Crippen LogP contribution is -2.40. The minimum atomic E-state index is -0.478. The standard InChI is InChI=1S/C19H28N4O2/c1-14(24)12-20-19-21-16-10-6-7-11-17(16)23(19)13-18(25)22(2)15-8-4-3-5-9-15/h6-7,10-11,14-15,24H,3-5,8-9,12-13H2,1-2H3,(H,20,21). The number of benzene rings is 1. The second-order valence-electron chi connectivity index (χ2n) is 7.04. The molecule has 0 aliphatic heterocycles. The van der Waals surface area contributed by atoms with Crippen LogP contribution in [0.2, 0.25) is 0 Å². The number of hydrogen-bond donors (Lipinski definition) is 2. The number of carbonyl (C=O) groups excluding carboxylic acids is 1. The average Bonchev–Trinajstić information content (AvgIpc) is 2.97. The van der Waals surface area contributed by atoms with Gasteiger partial charge in [0, 0.05) is 19.6 Å². The van der Waals surface area contributed by atoms with E-state index in [0.29, 0.717) is 18.5 Å². The average molecular weight is 344 g/mol. The first-order valence-electron chi connectivity index (χ1n) is 9.19. The van der Waals surface area contributed by atoms with Gasteiger partial charge in [-0.25, -0.2) is 4.98 Å². The largest absolute Gasteiger partial charge is 0.392 e. The van der Waals surface area contributed by atoms with Crippen LogP contribution < -0.4 is 5.32 Å². The predicted molar refractivity (Wildman–Crippen MR) is 99.5 cm³/mol. The topological polar surface area (TPSA) is 70.4 Å². The molecule has 0 saturated heterocycles. The van der Waals surface area contributed by atoms with E-state index < -0.39 is 6.10 Å². The van der Waals surface area contributed by atoms with Crippen molar-refractivity contribution in [3.63, 3.8) is 0 Å². The van der Waals surface area contributed by atoms with Crippen molar-refractivity contribution in [3.8, 4) is 0 Å². The predicted octanol–water partition coefficient (Wildman–Crippen LogP) is 2.62. The van der Waals surface area contributed by atoms with Gasteiger partial charge >= 0.3 is 0 Å². The summed E-state index contributed by atoms with van der Waals surface area (Å²) < 4.78 is 1.92. The molecule has 1 heterocycles. The number of imidazole rings is 1. The number of nitrogens with zero attached hydrogens (tertiary/aromatic N) is 3. The number of aliphatic hydroxyl groups excluding tert-OH is 1. The third kappa shape index (κ3) is 4.12. The summed E-state index contributed by atoms with van der Waals surface area (Å²) in [7, 11) is 1.92. The Morgan fingerprint density at radius 2 is 2.08 bits per heavy atom. The van der Waals surface area contributed by atoms with Crippen LogP contribution in [0.4, 0.5) is 5.95 Å². The SMILES string of the molecule is CC(O)CNc1nc2ccccc2n1CC(=O)N(C)C1CCCCC1. The molecule has 0 bridgehead atoms. The summed E-state index contributed by atoms with van der Waals surface area (Å²) in [6, 6.07) is 8.16. The van der Waals surface area contributed by atoms with Crippen LogP contribution in [0.5, 0.6) is 0 Å². The van der Waals surface area contributed by atoms with Gasteiger partial charge in [0.2, 0.25) is 11.9 Å². The number of fused-ring (bicyclic) bond motifs is 1. The highest BCUT2D eigenvalue weighted by Crippen LogP contribution is 2.23. The molecular weight excluding hydrogens is 316 g/mol. The van der Waals surface area contributed by atoms with Crippen LogP contribution in [-0.2, 0) is 11.3 Å². The van der Waals surface area contributed by atoms with Gasteiger partial charge in [0.15, 0.2) is 0 Å². The van der Waals surface area contributed by atoms with Crippen LogP contribution in [-0.4, -0.2) is 51.2 Å². The van der Waals surface area contributed by atoms with Gasteiger partial charge in [-0.3, -0.25) is 4.79 Å². The number of rotatable bonds is 6. The zero-order chi connectivity index (χ0) is 17.8. The third-order valence-electron chi connectivity index (χ3n) is 5.02. The van der Waals surface area contributed by atoms with E-state index in [9.17, 15) is 9.90 Å². The number of anilines is 1. The summed E-state index contributed by atoms with van der Waals surface area (Å²) in [6.45, 7) is 2.38. The van der Waals surface area contributed by atoms with Gasteiger partial charge in [-0.2, -0.15) is 0 Å². The van der Waals surface area contributed by atoms with Crippen LogP contribution in [0.25, 0.3) is 11.0 Å². The quantitative estimate of drug-likeness (QED) is 0.845. The van der Waals surface area contributed by atoms with E-state index in [0.717, 1.165) is 23.9 Å². The Morgan fingerprint density at radius 1 is 1.36 bits per heavy atom. The van der Waals surface area contributed by atoms with Crippen molar-refractivity contribution >= 4 is 22.9 Å². The summed E-state index contributed by atoms with van der Waals surface area (Å²) in [5.41, 5.74) is 1.78. The minimum Gasteiger partial charge on any atom is -0.392 e. The molecule has 1 amide bonds. The number of nitrogens with one attached hydrogen (secondary N) is 1. The summed E-state index contributed by atoms with van der Waals surface area (Å²) in [5, 5.41) is 12.7. The first-order chi connectivity index (χ1) is 12.1. The minimum absolute atomic E-state index is 0.107. The lowest BCUT2D eigenvalue weighted by molar-refractivity contribution is -0.133. The van der Waals surface area contributed by atoms with Crippen molar-refractivity contribution in [1.29, 1.82) is 0 Å². The Bertz CT molecular complexity index is 719. The molecule has 1 fully saturated rings. The molecule has 25 heavy (non-hydrogen) atoms. The molecule has 2 N–H and O–H groups in total. The van der Waals surface area contributed by atoms with Crippen molar-refractivity contribution in [1.82, 2.24) is 14.5 Å². The fourth-order valence-corrected chi connectivity index (χ4v) is 3.53. The maximum Gasteiger partial charge on any atom is 0.242 e. The highest BCUT2D eigenvalue weighted by Gasteiger charge is 2.23. The maximum absolute atomic E-state index is 12.8. The molecule has 1 aromatic heterocycles. The summed E-state index contributed by atoms with van der Waals surface area (Å²) in [5.74, 6) is 0.739. The number of hydrogen-bond acceptors (Lipinski definition) is 4. The van der Waals surface area contributed by atoms with Crippen molar-refractivity contribution < 1.29 is 9.90 Å². The fraction of sp³-hybridized carbons (Fsp3) is 0.579. The molecule has 6 heteroatoms. The molecule has 1 aliphatic carbocycles. The molecule has 1 atom stereocenters. The second kappa shape index (κ2) is 7.87. The molecule has 136 valence electrons. The zero-order valence-corrected chi connectivity index (χ0v) is 15.1. The van der Waals surface area contributed by atoms with Gasteiger partial charge < -0.3 is 19.9 Å². The van der Waals surface area contributed by atoms with Gasteiger partial charge in [0.25, 0.3) is 0 Å². The summed E-state index contributed by atoms with van der Waals surface area (Å²) in [4.78, 5) is 19.3. The second-order valence-corrected chi connectivity index (χ2v) is 7.04. The number of likely N-dealkylation sites (N-methyl/N-ethyl adjacent to an activating group) is 1. The number of carbonyl (C=O) groups is 1. The number of amides is 1. The maximum atomic E-state index is 12.8. The molecule has 2 aromatic rings. The van der Waals surface area contributed by atoms with E-state index in [2.05, 4.69) is 10.3 Å². The lowest BCUT2D eigenvalue weighted by atomic mass is 9.94.